The van der Waals surface area contributed by atoms with Crippen molar-refractivity contribution in [3.05, 3.63) is 108 Å². The molecule has 0 saturated carbocycles. The van der Waals surface area contributed by atoms with Crippen LogP contribution in [0.25, 0.3) is 17.0 Å². The third-order valence-electron chi connectivity index (χ3n) is 4.81. The van der Waals surface area contributed by atoms with Gasteiger partial charge in [0.25, 0.3) is 5.91 Å². The lowest BCUT2D eigenvalue weighted by molar-refractivity contribution is -0.112. The second-order valence-corrected chi connectivity index (χ2v) is 6.81. The highest BCUT2D eigenvalue weighted by Crippen LogP contribution is 2.25. The van der Waals surface area contributed by atoms with Crippen LogP contribution in [0, 0.1) is 17.1 Å². The number of anilines is 1. The van der Waals surface area contributed by atoms with Crippen molar-refractivity contribution >= 4 is 28.6 Å². The van der Waals surface area contributed by atoms with E-state index in [1.165, 1.54) is 6.07 Å². The molecule has 0 bridgehead atoms. The first-order valence-electron chi connectivity index (χ1n) is 9.45. The van der Waals surface area contributed by atoms with Gasteiger partial charge in [-0.2, -0.15) is 5.26 Å². The summed E-state index contributed by atoms with van der Waals surface area (Å²) in [5.41, 5.74) is 2.80. The summed E-state index contributed by atoms with van der Waals surface area (Å²) in [7, 11) is 0. The highest BCUT2D eigenvalue weighted by atomic mass is 19.1. The van der Waals surface area contributed by atoms with Crippen molar-refractivity contribution in [2.45, 2.75) is 6.54 Å². The summed E-state index contributed by atoms with van der Waals surface area (Å²) in [5, 5.41) is 13.2. The summed E-state index contributed by atoms with van der Waals surface area (Å²) >= 11 is 0. The smallest absolute Gasteiger partial charge is 0.266 e. The molecule has 1 aromatic heterocycles. The molecule has 4 rings (SSSR count). The molecule has 30 heavy (non-hydrogen) atoms. The molecule has 1 heterocycles. The van der Waals surface area contributed by atoms with Crippen LogP contribution in [0.4, 0.5) is 10.1 Å². The molecule has 146 valence electrons. The first-order chi connectivity index (χ1) is 14.7. The molecule has 0 saturated heterocycles. The van der Waals surface area contributed by atoms with Gasteiger partial charge in [0, 0.05) is 33.9 Å². The Morgan fingerprint density at radius 2 is 1.70 bits per heavy atom. The van der Waals surface area contributed by atoms with Gasteiger partial charge in [-0.3, -0.25) is 4.79 Å². The predicted octanol–water partition coefficient (Wildman–Crippen LogP) is 5.37. The number of carbonyl (C=O) groups is 1. The maximum Gasteiger partial charge on any atom is 0.266 e. The van der Waals surface area contributed by atoms with E-state index >= 15 is 0 Å². The summed E-state index contributed by atoms with van der Waals surface area (Å²) in [4.78, 5) is 12.6. The van der Waals surface area contributed by atoms with Crippen molar-refractivity contribution in [1.29, 1.82) is 5.26 Å². The number of carbonyl (C=O) groups excluding carboxylic acids is 1. The predicted molar refractivity (Wildman–Crippen MR) is 116 cm³/mol. The molecule has 0 atom stereocenters. The van der Waals surface area contributed by atoms with Crippen LogP contribution in [0.5, 0.6) is 0 Å². The van der Waals surface area contributed by atoms with Gasteiger partial charge >= 0.3 is 0 Å². The number of aromatic nitrogens is 1. The molecule has 0 fully saturated rings. The van der Waals surface area contributed by atoms with Gasteiger partial charge < -0.3 is 9.88 Å². The van der Waals surface area contributed by atoms with E-state index < -0.39 is 5.91 Å². The Kier molecular flexibility index (Phi) is 5.40. The van der Waals surface area contributed by atoms with Crippen molar-refractivity contribution in [3.63, 3.8) is 0 Å². The zero-order valence-electron chi connectivity index (χ0n) is 16.0. The Morgan fingerprint density at radius 1 is 1.00 bits per heavy atom. The summed E-state index contributed by atoms with van der Waals surface area (Å²) in [6.45, 7) is 0.346. The van der Waals surface area contributed by atoms with Crippen LogP contribution in [0.1, 0.15) is 11.1 Å². The average Bonchev–Trinajstić information content (AvgIpc) is 3.11. The van der Waals surface area contributed by atoms with E-state index in [-0.39, 0.29) is 11.4 Å². The van der Waals surface area contributed by atoms with Crippen LogP contribution in [-0.4, -0.2) is 10.5 Å². The van der Waals surface area contributed by atoms with E-state index in [9.17, 15) is 14.4 Å². The molecule has 0 radical (unpaired) electrons. The standard InChI is InChI=1S/C25H18FN3O/c26-23-12-6-4-8-18(23)16-29-17-20(22-11-5-7-13-24(22)29)14-19(15-27)25(30)28-21-9-2-1-3-10-21/h1-14,17H,16H2,(H,28,30)/b19-14+. The van der Waals surface area contributed by atoms with Gasteiger partial charge in [-0.1, -0.05) is 54.6 Å². The fraction of sp³-hybridized carbons (Fsp3) is 0.0400. The quantitative estimate of drug-likeness (QED) is 0.365. The molecule has 0 aliphatic carbocycles. The highest BCUT2D eigenvalue weighted by molar-refractivity contribution is 6.10. The molecule has 0 aliphatic rings. The van der Waals surface area contributed by atoms with Gasteiger partial charge in [-0.05, 0) is 30.3 Å². The van der Waals surface area contributed by atoms with Crippen LogP contribution in [0.2, 0.25) is 0 Å². The summed E-state index contributed by atoms with van der Waals surface area (Å²) in [6, 6.07) is 25.2. The number of rotatable bonds is 5. The normalized spacial score (nSPS) is 11.3. The zero-order valence-corrected chi connectivity index (χ0v) is 16.0. The van der Waals surface area contributed by atoms with Crippen molar-refractivity contribution in [3.8, 4) is 6.07 Å². The minimum absolute atomic E-state index is 0.00681. The number of hydrogen-bond donors (Lipinski definition) is 1. The molecule has 0 unspecified atom stereocenters. The number of para-hydroxylation sites is 2. The molecule has 4 aromatic rings. The van der Waals surface area contributed by atoms with E-state index in [0.29, 0.717) is 17.8 Å². The van der Waals surface area contributed by atoms with Gasteiger partial charge in [0.05, 0.1) is 6.54 Å². The molecule has 1 N–H and O–H groups in total. The van der Waals surface area contributed by atoms with E-state index in [1.54, 1.807) is 36.4 Å². The number of nitrogens with one attached hydrogen (secondary N) is 1. The first-order valence-corrected chi connectivity index (χ1v) is 9.45. The number of nitrogens with zero attached hydrogens (tertiary/aromatic N) is 2. The molecule has 5 heteroatoms. The molecular formula is C25H18FN3O. The second kappa shape index (κ2) is 8.46. The topological polar surface area (TPSA) is 57.8 Å². The Balaban J connectivity index is 1.70. The summed E-state index contributed by atoms with van der Waals surface area (Å²) in [6.07, 6.45) is 3.41. The van der Waals surface area contributed by atoms with Gasteiger partial charge in [-0.15, -0.1) is 0 Å². The van der Waals surface area contributed by atoms with Gasteiger partial charge in [0.2, 0.25) is 0 Å². The van der Waals surface area contributed by atoms with Gasteiger partial charge in [0.1, 0.15) is 17.5 Å². The summed E-state index contributed by atoms with van der Waals surface area (Å²) < 4.78 is 16.1. The number of halogens is 1. The lowest BCUT2D eigenvalue weighted by Gasteiger charge is -2.06. The molecule has 1 amide bonds. The fourth-order valence-corrected chi connectivity index (χ4v) is 3.36. The van der Waals surface area contributed by atoms with Crippen LogP contribution >= 0.6 is 0 Å². The second-order valence-electron chi connectivity index (χ2n) is 6.81. The highest BCUT2D eigenvalue weighted by Gasteiger charge is 2.13. The SMILES string of the molecule is N#C/C(=C\c1cn(Cc2ccccc2F)c2ccccc12)C(=O)Nc1ccccc1. The summed E-state index contributed by atoms with van der Waals surface area (Å²) in [5.74, 6) is -0.748. The third-order valence-corrected chi connectivity index (χ3v) is 4.81. The minimum Gasteiger partial charge on any atom is -0.342 e. The van der Waals surface area contributed by atoms with E-state index in [4.69, 9.17) is 0 Å². The Labute approximate surface area is 173 Å². The number of benzene rings is 3. The number of nitriles is 1. The Morgan fingerprint density at radius 3 is 2.47 bits per heavy atom. The number of hydrogen-bond acceptors (Lipinski definition) is 2. The number of fused-ring (bicyclic) bond motifs is 1. The van der Waals surface area contributed by atoms with Crippen molar-refractivity contribution < 1.29 is 9.18 Å². The molecule has 0 spiro atoms. The van der Waals surface area contributed by atoms with E-state index in [1.807, 2.05) is 59.3 Å². The molecule has 0 aliphatic heterocycles. The zero-order chi connectivity index (χ0) is 20.9. The van der Waals surface area contributed by atoms with Gasteiger partial charge in [0.15, 0.2) is 0 Å². The van der Waals surface area contributed by atoms with Crippen molar-refractivity contribution in [1.82, 2.24) is 4.57 Å². The Hall–Kier alpha value is -4.17. The lowest BCUT2D eigenvalue weighted by Crippen LogP contribution is -2.13. The van der Waals surface area contributed by atoms with Crippen LogP contribution in [-0.2, 0) is 11.3 Å². The lowest BCUT2D eigenvalue weighted by atomic mass is 10.1. The van der Waals surface area contributed by atoms with E-state index in [2.05, 4.69) is 5.32 Å². The average molecular weight is 395 g/mol. The van der Waals surface area contributed by atoms with Crippen molar-refractivity contribution in [2.75, 3.05) is 5.32 Å². The maximum atomic E-state index is 14.1. The van der Waals surface area contributed by atoms with Gasteiger partial charge in [-0.25, -0.2) is 4.39 Å². The van der Waals surface area contributed by atoms with Crippen LogP contribution in [0.3, 0.4) is 0 Å². The number of amides is 1. The third kappa shape index (κ3) is 3.98. The van der Waals surface area contributed by atoms with Crippen LogP contribution in [0.15, 0.2) is 90.6 Å². The molecular weight excluding hydrogens is 377 g/mol. The first kappa shape index (κ1) is 19.2. The molecule has 3 aromatic carbocycles. The fourth-order valence-electron chi connectivity index (χ4n) is 3.36. The largest absolute Gasteiger partial charge is 0.342 e. The monoisotopic (exact) mass is 395 g/mol. The molecule has 4 nitrogen and oxygen atoms in total. The van der Waals surface area contributed by atoms with E-state index in [0.717, 1.165) is 16.5 Å². The van der Waals surface area contributed by atoms with Crippen LogP contribution < -0.4 is 5.32 Å². The minimum atomic E-state index is -0.477. The van der Waals surface area contributed by atoms with Crippen molar-refractivity contribution in [2.24, 2.45) is 0 Å². The maximum absolute atomic E-state index is 14.1. The Bertz CT molecular complexity index is 1280.